The maximum atomic E-state index is 5.88. The van der Waals surface area contributed by atoms with Crippen LogP contribution in [0.5, 0.6) is 0 Å². The Morgan fingerprint density at radius 1 is 1.24 bits per heavy atom. The summed E-state index contributed by atoms with van der Waals surface area (Å²) in [5, 5.41) is 0. The molecule has 94 valence electrons. The van der Waals surface area contributed by atoms with Gasteiger partial charge in [-0.1, -0.05) is 26.0 Å². The lowest BCUT2D eigenvalue weighted by Crippen LogP contribution is -2.40. The molecule has 0 aromatic heterocycles. The molecule has 0 radical (unpaired) electrons. The standard InChI is InChI=1S/C14H22N2O/c1-11(2)14(16-6-8-17-9-7-16)12-4-3-5-13(15)10-12/h3-5,10-11,14H,6-9,15H2,1-2H3. The zero-order chi connectivity index (χ0) is 12.3. The Balaban J connectivity index is 2.21. The number of rotatable bonds is 3. The van der Waals surface area contributed by atoms with E-state index in [1.165, 1.54) is 5.56 Å². The van der Waals surface area contributed by atoms with Crippen molar-refractivity contribution in [3.05, 3.63) is 29.8 Å². The Hall–Kier alpha value is -1.06. The van der Waals surface area contributed by atoms with Crippen molar-refractivity contribution in [2.75, 3.05) is 32.0 Å². The summed E-state index contributed by atoms with van der Waals surface area (Å²) in [6, 6.07) is 8.71. The third kappa shape index (κ3) is 2.99. The van der Waals surface area contributed by atoms with E-state index < -0.39 is 0 Å². The van der Waals surface area contributed by atoms with E-state index in [9.17, 15) is 0 Å². The van der Waals surface area contributed by atoms with Crippen LogP contribution < -0.4 is 5.73 Å². The maximum Gasteiger partial charge on any atom is 0.0594 e. The fraction of sp³-hybridized carbons (Fsp3) is 0.571. The van der Waals surface area contributed by atoms with E-state index >= 15 is 0 Å². The molecule has 0 spiro atoms. The normalized spacial score (nSPS) is 19.5. The Morgan fingerprint density at radius 2 is 1.94 bits per heavy atom. The van der Waals surface area contributed by atoms with Crippen molar-refractivity contribution in [3.63, 3.8) is 0 Å². The molecule has 1 saturated heterocycles. The molecule has 1 aromatic rings. The van der Waals surface area contributed by atoms with Gasteiger partial charge >= 0.3 is 0 Å². The first-order chi connectivity index (χ1) is 8.18. The third-order valence-corrected chi connectivity index (χ3v) is 3.32. The molecule has 0 amide bonds. The molecule has 17 heavy (non-hydrogen) atoms. The highest BCUT2D eigenvalue weighted by Crippen LogP contribution is 2.30. The summed E-state index contributed by atoms with van der Waals surface area (Å²) in [7, 11) is 0. The lowest BCUT2D eigenvalue weighted by atomic mass is 9.94. The number of hydrogen-bond donors (Lipinski definition) is 1. The number of hydrogen-bond acceptors (Lipinski definition) is 3. The van der Waals surface area contributed by atoms with Crippen LogP contribution >= 0.6 is 0 Å². The Kier molecular flexibility index (Phi) is 4.02. The van der Waals surface area contributed by atoms with E-state index in [-0.39, 0.29) is 0 Å². The van der Waals surface area contributed by atoms with E-state index in [0.717, 1.165) is 32.0 Å². The first-order valence-corrected chi connectivity index (χ1v) is 6.35. The van der Waals surface area contributed by atoms with Crippen molar-refractivity contribution in [3.8, 4) is 0 Å². The van der Waals surface area contributed by atoms with Gasteiger partial charge in [0, 0.05) is 24.8 Å². The SMILES string of the molecule is CC(C)C(c1cccc(N)c1)N1CCOCC1. The molecule has 0 bridgehead atoms. The molecule has 1 heterocycles. The molecule has 0 aliphatic carbocycles. The summed E-state index contributed by atoms with van der Waals surface area (Å²) < 4.78 is 5.42. The van der Waals surface area contributed by atoms with Gasteiger partial charge < -0.3 is 10.5 Å². The average molecular weight is 234 g/mol. The number of nitrogen functional groups attached to an aromatic ring is 1. The maximum absolute atomic E-state index is 5.88. The summed E-state index contributed by atoms with van der Waals surface area (Å²) in [5.41, 5.74) is 8.05. The van der Waals surface area contributed by atoms with Crippen LogP contribution in [0.2, 0.25) is 0 Å². The molecular formula is C14H22N2O. The van der Waals surface area contributed by atoms with Crippen molar-refractivity contribution < 1.29 is 4.74 Å². The summed E-state index contributed by atoms with van der Waals surface area (Å²) >= 11 is 0. The highest BCUT2D eigenvalue weighted by molar-refractivity contribution is 5.41. The summed E-state index contributed by atoms with van der Waals surface area (Å²) in [6.07, 6.45) is 0. The van der Waals surface area contributed by atoms with Crippen LogP contribution in [0.1, 0.15) is 25.5 Å². The first-order valence-electron chi connectivity index (χ1n) is 6.35. The van der Waals surface area contributed by atoms with Gasteiger partial charge in [0.05, 0.1) is 13.2 Å². The van der Waals surface area contributed by atoms with Gasteiger partial charge in [-0.2, -0.15) is 0 Å². The largest absolute Gasteiger partial charge is 0.399 e. The van der Waals surface area contributed by atoms with Gasteiger partial charge in [-0.15, -0.1) is 0 Å². The number of nitrogens with two attached hydrogens (primary N) is 1. The average Bonchev–Trinajstić information content (AvgIpc) is 2.30. The molecule has 2 rings (SSSR count). The zero-order valence-electron chi connectivity index (χ0n) is 10.7. The Labute approximate surface area is 104 Å². The predicted molar refractivity (Wildman–Crippen MR) is 70.8 cm³/mol. The van der Waals surface area contributed by atoms with E-state index in [1.54, 1.807) is 0 Å². The second-order valence-electron chi connectivity index (χ2n) is 5.01. The molecule has 1 unspecified atom stereocenters. The van der Waals surface area contributed by atoms with Gasteiger partial charge in [0.1, 0.15) is 0 Å². The van der Waals surface area contributed by atoms with Gasteiger partial charge in [0.15, 0.2) is 0 Å². The van der Waals surface area contributed by atoms with Crippen molar-refractivity contribution in [1.82, 2.24) is 4.90 Å². The number of morpholine rings is 1. The Morgan fingerprint density at radius 3 is 2.53 bits per heavy atom. The second kappa shape index (κ2) is 5.52. The summed E-state index contributed by atoms with van der Waals surface area (Å²) in [6.45, 7) is 8.24. The van der Waals surface area contributed by atoms with Gasteiger partial charge in [-0.05, 0) is 23.6 Å². The fourth-order valence-corrected chi connectivity index (χ4v) is 2.62. The Bertz CT molecular complexity index is 359. The summed E-state index contributed by atoms with van der Waals surface area (Å²) in [5.74, 6) is 0.579. The number of ether oxygens (including phenoxy) is 1. The minimum atomic E-state index is 0.447. The summed E-state index contributed by atoms with van der Waals surface area (Å²) in [4.78, 5) is 2.50. The highest BCUT2D eigenvalue weighted by Gasteiger charge is 2.25. The number of benzene rings is 1. The second-order valence-corrected chi connectivity index (χ2v) is 5.01. The smallest absolute Gasteiger partial charge is 0.0594 e. The zero-order valence-corrected chi connectivity index (χ0v) is 10.7. The molecule has 3 heteroatoms. The van der Waals surface area contributed by atoms with Crippen molar-refractivity contribution >= 4 is 5.69 Å². The van der Waals surface area contributed by atoms with Gasteiger partial charge in [-0.25, -0.2) is 0 Å². The van der Waals surface area contributed by atoms with Crippen LogP contribution in [-0.2, 0) is 4.74 Å². The highest BCUT2D eigenvalue weighted by atomic mass is 16.5. The van der Waals surface area contributed by atoms with E-state index in [1.807, 2.05) is 12.1 Å². The van der Waals surface area contributed by atoms with Crippen LogP contribution in [0.25, 0.3) is 0 Å². The lowest BCUT2D eigenvalue weighted by Gasteiger charge is -2.37. The van der Waals surface area contributed by atoms with Crippen molar-refractivity contribution in [2.45, 2.75) is 19.9 Å². The molecule has 0 saturated carbocycles. The van der Waals surface area contributed by atoms with Crippen LogP contribution in [0.15, 0.2) is 24.3 Å². The quantitative estimate of drug-likeness (QED) is 0.816. The van der Waals surface area contributed by atoms with Crippen LogP contribution in [-0.4, -0.2) is 31.2 Å². The molecular weight excluding hydrogens is 212 g/mol. The lowest BCUT2D eigenvalue weighted by molar-refractivity contribution is 0.00564. The van der Waals surface area contributed by atoms with Crippen LogP contribution in [0.4, 0.5) is 5.69 Å². The third-order valence-electron chi connectivity index (χ3n) is 3.32. The minimum Gasteiger partial charge on any atom is -0.399 e. The van der Waals surface area contributed by atoms with E-state index in [0.29, 0.717) is 12.0 Å². The first kappa shape index (κ1) is 12.4. The van der Waals surface area contributed by atoms with Crippen LogP contribution in [0, 0.1) is 5.92 Å². The van der Waals surface area contributed by atoms with Crippen LogP contribution in [0.3, 0.4) is 0 Å². The molecule has 3 nitrogen and oxygen atoms in total. The molecule has 1 atom stereocenters. The fourth-order valence-electron chi connectivity index (χ4n) is 2.62. The van der Waals surface area contributed by atoms with E-state index in [2.05, 4.69) is 30.9 Å². The topological polar surface area (TPSA) is 38.5 Å². The van der Waals surface area contributed by atoms with Crippen molar-refractivity contribution in [1.29, 1.82) is 0 Å². The minimum absolute atomic E-state index is 0.447. The number of nitrogens with zero attached hydrogens (tertiary/aromatic N) is 1. The molecule has 1 aliphatic rings. The predicted octanol–water partition coefficient (Wildman–Crippen LogP) is 2.30. The van der Waals surface area contributed by atoms with Gasteiger partial charge in [0.2, 0.25) is 0 Å². The molecule has 1 fully saturated rings. The van der Waals surface area contributed by atoms with Gasteiger partial charge in [0.25, 0.3) is 0 Å². The molecule has 1 aliphatic heterocycles. The monoisotopic (exact) mass is 234 g/mol. The molecule has 1 aromatic carbocycles. The van der Waals surface area contributed by atoms with Gasteiger partial charge in [-0.3, -0.25) is 4.90 Å². The number of anilines is 1. The van der Waals surface area contributed by atoms with E-state index in [4.69, 9.17) is 10.5 Å². The van der Waals surface area contributed by atoms with Crippen molar-refractivity contribution in [2.24, 2.45) is 5.92 Å². The molecule has 2 N–H and O–H groups in total.